The van der Waals surface area contributed by atoms with Crippen LogP contribution in [0.25, 0.3) is 11.0 Å². The Kier molecular flexibility index (Phi) is 2.61. The van der Waals surface area contributed by atoms with Gasteiger partial charge in [-0.2, -0.15) is 5.10 Å². The lowest BCUT2D eigenvalue weighted by molar-refractivity contribution is 0.00678. The Labute approximate surface area is 102 Å². The zero-order valence-electron chi connectivity index (χ0n) is 10.3. The maximum absolute atomic E-state index is 11.8. The molecule has 0 aromatic carbocycles. The summed E-state index contributed by atoms with van der Waals surface area (Å²) in [6, 6.07) is 1.38. The number of fused-ring (bicyclic) bond motifs is 1. The molecule has 4 N–H and O–H groups in total. The summed E-state index contributed by atoms with van der Waals surface area (Å²) in [5, 5.41) is 6.80. The molecule has 0 aliphatic heterocycles. The number of aromatic nitrogens is 3. The van der Waals surface area contributed by atoms with Gasteiger partial charge in [0.05, 0.1) is 5.39 Å². The van der Waals surface area contributed by atoms with E-state index >= 15 is 0 Å². The highest BCUT2D eigenvalue weighted by molar-refractivity contribution is 5.95. The zero-order valence-corrected chi connectivity index (χ0v) is 10.3. The van der Waals surface area contributed by atoms with Gasteiger partial charge in [0.25, 0.3) is 5.56 Å². The molecular formula is C11H14N4O3. The molecule has 96 valence electrons. The first-order valence-corrected chi connectivity index (χ1v) is 5.38. The number of hydrogen-bond donors (Lipinski definition) is 3. The maximum atomic E-state index is 11.8. The largest absolute Gasteiger partial charge is 0.456 e. The van der Waals surface area contributed by atoms with Crippen LogP contribution < -0.4 is 11.3 Å². The third kappa shape index (κ3) is 2.20. The van der Waals surface area contributed by atoms with Crippen LogP contribution in [0.15, 0.2) is 10.9 Å². The first kappa shape index (κ1) is 12.2. The molecule has 0 amide bonds. The van der Waals surface area contributed by atoms with Crippen LogP contribution in [0, 0.1) is 0 Å². The number of hydrogen-bond acceptors (Lipinski definition) is 5. The summed E-state index contributed by atoms with van der Waals surface area (Å²) in [7, 11) is 0. The number of pyridine rings is 1. The lowest BCUT2D eigenvalue weighted by Crippen LogP contribution is -2.28. The molecule has 0 saturated carbocycles. The molecule has 2 aromatic rings. The number of nitrogens with zero attached hydrogens (tertiary/aromatic N) is 1. The summed E-state index contributed by atoms with van der Waals surface area (Å²) in [5.41, 5.74) is 4.63. The van der Waals surface area contributed by atoms with E-state index in [1.165, 1.54) is 6.07 Å². The predicted octanol–water partition coefficient (Wildman–Crippen LogP) is 0.789. The second kappa shape index (κ2) is 3.86. The van der Waals surface area contributed by atoms with E-state index in [9.17, 15) is 9.59 Å². The highest BCUT2D eigenvalue weighted by Crippen LogP contribution is 2.16. The fourth-order valence-corrected chi connectivity index (χ4v) is 1.47. The molecule has 2 aromatic heterocycles. The third-order valence-corrected chi connectivity index (χ3v) is 2.22. The van der Waals surface area contributed by atoms with Crippen LogP contribution in [0.4, 0.5) is 5.82 Å². The molecule has 0 saturated heterocycles. The summed E-state index contributed by atoms with van der Waals surface area (Å²) in [6.45, 7) is 5.18. The highest BCUT2D eigenvalue weighted by Gasteiger charge is 2.21. The van der Waals surface area contributed by atoms with Gasteiger partial charge in [-0.05, 0) is 26.8 Å². The summed E-state index contributed by atoms with van der Waals surface area (Å²) in [5.74, 6) is -0.405. The van der Waals surface area contributed by atoms with Crippen molar-refractivity contribution in [2.24, 2.45) is 0 Å². The average Bonchev–Trinajstić information content (AvgIpc) is 2.56. The van der Waals surface area contributed by atoms with Gasteiger partial charge in [-0.15, -0.1) is 0 Å². The van der Waals surface area contributed by atoms with Crippen molar-refractivity contribution in [3.8, 4) is 0 Å². The van der Waals surface area contributed by atoms with Crippen LogP contribution in [-0.2, 0) is 4.74 Å². The number of nitrogens with one attached hydrogen (secondary N) is 2. The quantitative estimate of drug-likeness (QED) is 0.647. The molecule has 0 aliphatic carbocycles. The van der Waals surface area contributed by atoms with Crippen molar-refractivity contribution in [3.63, 3.8) is 0 Å². The molecule has 0 spiro atoms. The molecule has 0 unspecified atom stereocenters. The third-order valence-electron chi connectivity index (χ3n) is 2.22. The van der Waals surface area contributed by atoms with Gasteiger partial charge in [0.15, 0.2) is 5.65 Å². The number of esters is 1. The standard InChI is InChI=1S/C11H14N4O3/c1-11(2,3)18-10(17)6-4-5-7(12)14-15-8(5)13-9(6)16/h4H,1-3H3,(H4,12,13,14,15,16). The van der Waals surface area contributed by atoms with Crippen molar-refractivity contribution in [3.05, 3.63) is 22.0 Å². The van der Waals surface area contributed by atoms with Gasteiger partial charge in [0, 0.05) is 0 Å². The fraction of sp³-hybridized carbons (Fsp3) is 0.364. The van der Waals surface area contributed by atoms with Crippen molar-refractivity contribution in [2.75, 3.05) is 5.73 Å². The molecule has 0 radical (unpaired) electrons. The molecule has 7 nitrogen and oxygen atoms in total. The highest BCUT2D eigenvalue weighted by atomic mass is 16.6. The van der Waals surface area contributed by atoms with E-state index in [2.05, 4.69) is 15.2 Å². The van der Waals surface area contributed by atoms with E-state index in [0.29, 0.717) is 11.0 Å². The van der Waals surface area contributed by atoms with Gasteiger partial charge in [-0.3, -0.25) is 9.89 Å². The average molecular weight is 250 g/mol. The molecule has 0 fully saturated rings. The van der Waals surface area contributed by atoms with E-state index in [1.54, 1.807) is 20.8 Å². The lowest BCUT2D eigenvalue weighted by atomic mass is 10.2. The van der Waals surface area contributed by atoms with Gasteiger partial charge >= 0.3 is 5.97 Å². The van der Waals surface area contributed by atoms with Crippen LogP contribution in [0.3, 0.4) is 0 Å². The number of aromatic amines is 2. The normalized spacial score (nSPS) is 11.7. The Morgan fingerprint density at radius 2 is 2.11 bits per heavy atom. The number of carbonyl (C=O) groups excluding carboxylic acids is 1. The number of ether oxygens (including phenoxy) is 1. The second-order valence-corrected chi connectivity index (χ2v) is 4.91. The molecular weight excluding hydrogens is 236 g/mol. The number of nitrogen functional groups attached to an aromatic ring is 1. The predicted molar refractivity (Wildman–Crippen MR) is 66.3 cm³/mol. The number of carbonyl (C=O) groups is 1. The molecule has 0 aliphatic rings. The maximum Gasteiger partial charge on any atom is 0.344 e. The molecule has 2 rings (SSSR count). The SMILES string of the molecule is CC(C)(C)OC(=O)c1cc2c(N)[nH]nc2[nH]c1=O. The minimum absolute atomic E-state index is 0.0921. The minimum Gasteiger partial charge on any atom is -0.456 e. The van der Waals surface area contributed by atoms with Crippen LogP contribution >= 0.6 is 0 Å². The van der Waals surface area contributed by atoms with E-state index in [0.717, 1.165) is 0 Å². The van der Waals surface area contributed by atoms with Crippen molar-refractivity contribution in [1.82, 2.24) is 15.2 Å². The Morgan fingerprint density at radius 3 is 2.72 bits per heavy atom. The van der Waals surface area contributed by atoms with Crippen LogP contribution in [0.5, 0.6) is 0 Å². The van der Waals surface area contributed by atoms with Crippen LogP contribution in [0.1, 0.15) is 31.1 Å². The Morgan fingerprint density at radius 1 is 1.44 bits per heavy atom. The summed E-state index contributed by atoms with van der Waals surface area (Å²) in [4.78, 5) is 26.0. The van der Waals surface area contributed by atoms with E-state index in [4.69, 9.17) is 10.5 Å². The first-order chi connectivity index (χ1) is 8.28. The van der Waals surface area contributed by atoms with Crippen molar-refractivity contribution < 1.29 is 9.53 Å². The Hall–Kier alpha value is -2.31. The van der Waals surface area contributed by atoms with E-state index in [-0.39, 0.29) is 11.4 Å². The number of anilines is 1. The first-order valence-electron chi connectivity index (χ1n) is 5.38. The number of rotatable bonds is 1. The van der Waals surface area contributed by atoms with Gasteiger partial charge < -0.3 is 15.5 Å². The van der Waals surface area contributed by atoms with Crippen molar-refractivity contribution >= 4 is 22.8 Å². The minimum atomic E-state index is -0.689. The Bertz CT molecular complexity index is 663. The zero-order chi connectivity index (χ0) is 13.5. The second-order valence-electron chi connectivity index (χ2n) is 4.91. The molecule has 7 heteroatoms. The summed E-state index contributed by atoms with van der Waals surface area (Å²) < 4.78 is 5.14. The monoisotopic (exact) mass is 250 g/mol. The molecule has 0 atom stereocenters. The lowest BCUT2D eigenvalue weighted by Gasteiger charge is -2.19. The number of H-pyrrole nitrogens is 2. The summed E-state index contributed by atoms with van der Waals surface area (Å²) in [6.07, 6.45) is 0. The van der Waals surface area contributed by atoms with E-state index < -0.39 is 17.1 Å². The van der Waals surface area contributed by atoms with Crippen LogP contribution in [-0.4, -0.2) is 26.8 Å². The van der Waals surface area contributed by atoms with Gasteiger partial charge in [-0.1, -0.05) is 0 Å². The summed E-state index contributed by atoms with van der Waals surface area (Å²) >= 11 is 0. The topological polar surface area (TPSA) is 114 Å². The molecule has 18 heavy (non-hydrogen) atoms. The van der Waals surface area contributed by atoms with Crippen molar-refractivity contribution in [1.29, 1.82) is 0 Å². The fourth-order valence-electron chi connectivity index (χ4n) is 1.47. The van der Waals surface area contributed by atoms with Crippen LogP contribution in [0.2, 0.25) is 0 Å². The van der Waals surface area contributed by atoms with Gasteiger partial charge in [0.1, 0.15) is 17.0 Å². The smallest absolute Gasteiger partial charge is 0.344 e. The molecule has 2 heterocycles. The Balaban J connectivity index is 2.50. The van der Waals surface area contributed by atoms with Gasteiger partial charge in [-0.25, -0.2) is 4.79 Å². The van der Waals surface area contributed by atoms with Crippen molar-refractivity contribution in [2.45, 2.75) is 26.4 Å². The molecule has 0 bridgehead atoms. The number of nitrogens with two attached hydrogens (primary N) is 1. The van der Waals surface area contributed by atoms with E-state index in [1.807, 2.05) is 0 Å². The van der Waals surface area contributed by atoms with Gasteiger partial charge in [0.2, 0.25) is 0 Å².